The van der Waals surface area contributed by atoms with Crippen LogP contribution in [0.15, 0.2) is 48.5 Å². The maximum atomic E-state index is 13.9. The fourth-order valence-electron chi connectivity index (χ4n) is 3.36. The first-order valence-electron chi connectivity index (χ1n) is 9.36. The molecule has 10 heteroatoms. The molecule has 1 atom stereocenters. The number of aliphatic hydroxyl groups excluding tert-OH is 1. The Morgan fingerprint density at radius 2 is 1.58 bits per heavy atom. The normalized spacial score (nSPS) is 13.6. The van der Waals surface area contributed by atoms with Gasteiger partial charge in [-0.3, -0.25) is 4.79 Å². The van der Waals surface area contributed by atoms with Crippen molar-refractivity contribution in [2.24, 2.45) is 0 Å². The van der Waals surface area contributed by atoms with E-state index in [9.17, 15) is 23.2 Å². The molecular weight excluding hydrogens is 414 g/mol. The van der Waals surface area contributed by atoms with E-state index in [0.717, 1.165) is 22.3 Å². The summed E-state index contributed by atoms with van der Waals surface area (Å²) in [6, 6.07) is 13.3. The number of hydrogen-bond donors (Lipinski definition) is 4. The molecule has 4 N–H and O–H groups in total. The molecule has 2 aromatic carbocycles. The number of aliphatic carboxylic acids is 1. The highest BCUT2D eigenvalue weighted by molar-refractivity contribution is 5.88. The molecule has 3 rings (SSSR count). The van der Waals surface area contributed by atoms with Gasteiger partial charge < -0.3 is 25.6 Å². The molecule has 0 heterocycles. The van der Waals surface area contributed by atoms with Gasteiger partial charge in [-0.15, -0.1) is 0 Å². The van der Waals surface area contributed by atoms with Crippen LogP contribution in [-0.2, 0) is 14.3 Å². The van der Waals surface area contributed by atoms with Gasteiger partial charge in [0.1, 0.15) is 6.61 Å². The van der Waals surface area contributed by atoms with Gasteiger partial charge in [-0.2, -0.15) is 8.78 Å². The summed E-state index contributed by atoms with van der Waals surface area (Å²) in [6.45, 7) is -2.55. The van der Waals surface area contributed by atoms with Gasteiger partial charge in [0.05, 0.1) is 13.2 Å². The summed E-state index contributed by atoms with van der Waals surface area (Å²) in [5.41, 5.74) is 3.91. The van der Waals surface area contributed by atoms with Crippen LogP contribution in [-0.4, -0.2) is 59.9 Å². The number of carbonyl (C=O) groups excluding carboxylic acids is 2. The van der Waals surface area contributed by atoms with E-state index in [2.05, 4.69) is 0 Å². The average molecular weight is 434 g/mol. The maximum Gasteiger partial charge on any atom is 0.407 e. The van der Waals surface area contributed by atoms with E-state index in [1.54, 1.807) is 0 Å². The molecule has 0 aliphatic heterocycles. The molecule has 1 aliphatic carbocycles. The highest BCUT2D eigenvalue weighted by Gasteiger charge is 2.41. The lowest BCUT2D eigenvalue weighted by atomic mass is 9.98. The summed E-state index contributed by atoms with van der Waals surface area (Å²) in [6.07, 6.45) is -1.15. The Morgan fingerprint density at radius 3 is 2.10 bits per heavy atom. The van der Waals surface area contributed by atoms with E-state index < -0.39 is 43.1 Å². The molecular formula is C21H20F2N2O6. The molecule has 0 unspecified atom stereocenters. The molecule has 0 aromatic heterocycles. The van der Waals surface area contributed by atoms with E-state index in [1.165, 1.54) is 5.32 Å². The first kappa shape index (κ1) is 22.2. The molecule has 164 valence electrons. The lowest BCUT2D eigenvalue weighted by molar-refractivity contribution is -0.151. The minimum absolute atomic E-state index is 0.0940. The number of nitrogens with one attached hydrogen (secondary N) is 2. The molecule has 31 heavy (non-hydrogen) atoms. The van der Waals surface area contributed by atoms with Crippen molar-refractivity contribution in [3.8, 4) is 11.1 Å². The van der Waals surface area contributed by atoms with Crippen LogP contribution in [0.25, 0.3) is 11.1 Å². The van der Waals surface area contributed by atoms with Crippen molar-refractivity contribution in [1.82, 2.24) is 10.6 Å². The van der Waals surface area contributed by atoms with Crippen molar-refractivity contribution in [2.45, 2.75) is 17.9 Å². The van der Waals surface area contributed by atoms with E-state index in [1.807, 2.05) is 53.8 Å². The molecule has 0 radical (unpaired) electrons. The first-order chi connectivity index (χ1) is 14.7. The quantitative estimate of drug-likeness (QED) is 0.502. The third-order valence-corrected chi connectivity index (χ3v) is 4.92. The average Bonchev–Trinajstić information content (AvgIpc) is 3.08. The van der Waals surface area contributed by atoms with Crippen molar-refractivity contribution < 1.29 is 38.1 Å². The SMILES string of the molecule is O=C(NCC(F)(F)C(=O)N[C@H](CO)C(=O)O)OCC1c2ccccc2-c2ccccc21. The molecule has 0 bridgehead atoms. The molecule has 1 aliphatic rings. The number of carboxylic acid groups (broad SMARTS) is 1. The lowest BCUT2D eigenvalue weighted by Crippen LogP contribution is -2.53. The topological polar surface area (TPSA) is 125 Å². The van der Waals surface area contributed by atoms with Crippen LogP contribution in [0, 0.1) is 0 Å². The molecule has 2 amide bonds. The molecule has 0 saturated carbocycles. The van der Waals surface area contributed by atoms with Gasteiger partial charge in [-0.1, -0.05) is 48.5 Å². The Balaban J connectivity index is 1.57. The Hall–Kier alpha value is -3.53. The maximum absolute atomic E-state index is 13.9. The number of ether oxygens (including phenoxy) is 1. The molecule has 2 aromatic rings. The van der Waals surface area contributed by atoms with Crippen LogP contribution in [0.3, 0.4) is 0 Å². The smallest absolute Gasteiger partial charge is 0.407 e. The predicted octanol–water partition coefficient (Wildman–Crippen LogP) is 1.72. The third-order valence-electron chi connectivity index (χ3n) is 4.92. The Labute approximate surface area is 175 Å². The summed E-state index contributed by atoms with van der Waals surface area (Å²) in [7, 11) is 0. The minimum atomic E-state index is -4.10. The number of carbonyl (C=O) groups is 3. The summed E-state index contributed by atoms with van der Waals surface area (Å²) >= 11 is 0. The number of carboxylic acids is 1. The fraction of sp³-hybridized carbons (Fsp3) is 0.286. The molecule has 0 spiro atoms. The molecule has 8 nitrogen and oxygen atoms in total. The standard InChI is InChI=1S/C21H20F2N2O6/c22-21(23,19(29)25-17(9-26)18(27)28)11-24-20(30)31-10-16-14-7-3-1-5-12(14)13-6-2-4-8-15(13)16/h1-8,16-17,26H,9-11H2,(H,24,30)(H,25,29)(H,27,28)/t17-/m1/s1. The zero-order valence-corrected chi connectivity index (χ0v) is 16.2. The van der Waals surface area contributed by atoms with Crippen LogP contribution < -0.4 is 10.6 Å². The number of alkyl carbamates (subject to hydrolysis) is 1. The lowest BCUT2D eigenvalue weighted by Gasteiger charge is -2.19. The number of benzene rings is 2. The zero-order valence-electron chi connectivity index (χ0n) is 16.2. The van der Waals surface area contributed by atoms with Crippen molar-refractivity contribution in [3.05, 3.63) is 59.7 Å². The van der Waals surface area contributed by atoms with Crippen molar-refractivity contribution in [3.63, 3.8) is 0 Å². The number of amides is 2. The largest absolute Gasteiger partial charge is 0.480 e. The van der Waals surface area contributed by atoms with Gasteiger partial charge in [0.2, 0.25) is 0 Å². The summed E-state index contributed by atoms with van der Waals surface area (Å²) in [5, 5.41) is 20.8. The van der Waals surface area contributed by atoms with Crippen LogP contribution in [0.4, 0.5) is 13.6 Å². The van der Waals surface area contributed by atoms with Gasteiger partial charge in [-0.25, -0.2) is 9.59 Å². The van der Waals surface area contributed by atoms with Crippen LogP contribution in [0.5, 0.6) is 0 Å². The third kappa shape index (κ3) is 4.80. The van der Waals surface area contributed by atoms with E-state index >= 15 is 0 Å². The van der Waals surface area contributed by atoms with Crippen molar-refractivity contribution >= 4 is 18.0 Å². The molecule has 0 fully saturated rings. The first-order valence-corrected chi connectivity index (χ1v) is 9.36. The van der Waals surface area contributed by atoms with Crippen LogP contribution >= 0.6 is 0 Å². The Kier molecular flexibility index (Phi) is 6.50. The second-order valence-electron chi connectivity index (χ2n) is 6.93. The highest BCUT2D eigenvalue weighted by Crippen LogP contribution is 2.44. The summed E-state index contributed by atoms with van der Waals surface area (Å²) in [5.74, 6) is -7.97. The molecule has 0 saturated heterocycles. The second-order valence-corrected chi connectivity index (χ2v) is 6.93. The van der Waals surface area contributed by atoms with E-state index in [4.69, 9.17) is 14.9 Å². The van der Waals surface area contributed by atoms with Crippen molar-refractivity contribution in [1.29, 1.82) is 0 Å². The van der Waals surface area contributed by atoms with Crippen LogP contribution in [0.2, 0.25) is 0 Å². The number of hydrogen-bond acceptors (Lipinski definition) is 5. The number of alkyl halides is 2. The Morgan fingerprint density at radius 1 is 1.03 bits per heavy atom. The van der Waals surface area contributed by atoms with Gasteiger partial charge in [-0.05, 0) is 22.3 Å². The van der Waals surface area contributed by atoms with E-state index in [-0.39, 0.29) is 12.5 Å². The highest BCUT2D eigenvalue weighted by atomic mass is 19.3. The number of halogens is 2. The summed E-state index contributed by atoms with van der Waals surface area (Å²) < 4.78 is 32.9. The zero-order chi connectivity index (χ0) is 22.6. The van der Waals surface area contributed by atoms with E-state index in [0.29, 0.717) is 0 Å². The summed E-state index contributed by atoms with van der Waals surface area (Å²) in [4.78, 5) is 34.2. The van der Waals surface area contributed by atoms with Gasteiger partial charge in [0.15, 0.2) is 6.04 Å². The van der Waals surface area contributed by atoms with Gasteiger partial charge in [0, 0.05) is 5.92 Å². The Bertz CT molecular complexity index is 952. The van der Waals surface area contributed by atoms with Gasteiger partial charge >= 0.3 is 18.0 Å². The van der Waals surface area contributed by atoms with Crippen LogP contribution in [0.1, 0.15) is 17.0 Å². The minimum Gasteiger partial charge on any atom is -0.480 e. The number of rotatable bonds is 8. The van der Waals surface area contributed by atoms with Gasteiger partial charge in [0.25, 0.3) is 5.91 Å². The second kappa shape index (κ2) is 9.09. The monoisotopic (exact) mass is 434 g/mol. The number of fused-ring (bicyclic) bond motifs is 3. The fourth-order valence-corrected chi connectivity index (χ4v) is 3.36. The number of aliphatic hydroxyl groups is 1. The predicted molar refractivity (Wildman–Crippen MR) is 105 cm³/mol. The van der Waals surface area contributed by atoms with Crippen molar-refractivity contribution in [2.75, 3.05) is 19.8 Å².